The van der Waals surface area contributed by atoms with Gasteiger partial charge in [0.15, 0.2) is 5.78 Å². The number of hydrogen-bond donors (Lipinski definition) is 0. The molecule has 0 spiro atoms. The topological polar surface area (TPSA) is 17.1 Å². The van der Waals surface area contributed by atoms with Gasteiger partial charge in [-0.25, -0.2) is 0 Å². The van der Waals surface area contributed by atoms with Crippen LogP contribution in [0.4, 0.5) is 0 Å². The van der Waals surface area contributed by atoms with Crippen molar-refractivity contribution in [3.05, 3.63) is 24.3 Å². The van der Waals surface area contributed by atoms with Crippen molar-refractivity contribution in [2.75, 3.05) is 0 Å². The number of ketones is 1. The van der Waals surface area contributed by atoms with Gasteiger partial charge in [-0.05, 0) is 6.08 Å². The molecule has 1 atom stereocenters. The number of halogens is 2. The molecule has 0 fully saturated rings. The third-order valence-electron chi connectivity index (χ3n) is 1.29. The standard InChI is InChI=1S/C7H6Cl2O/c8-7(9)5-3-1-2-4-6(5)10/h1-5,7H. The summed E-state index contributed by atoms with van der Waals surface area (Å²) in [5, 5.41) is 0. The molecular weight excluding hydrogens is 171 g/mol. The lowest BCUT2D eigenvalue weighted by atomic mass is 10.0. The summed E-state index contributed by atoms with van der Waals surface area (Å²) in [4.78, 5) is 10.3. The minimum atomic E-state index is -0.631. The predicted molar refractivity (Wildman–Crippen MR) is 42.3 cm³/mol. The smallest absolute Gasteiger partial charge is 0.165 e. The van der Waals surface area contributed by atoms with Crippen LogP contribution in [0, 0.1) is 5.92 Å². The van der Waals surface area contributed by atoms with Crippen LogP contribution in [0.15, 0.2) is 24.3 Å². The molecule has 0 amide bonds. The SMILES string of the molecule is O=C1C=CC=CC1C(Cl)Cl. The van der Waals surface area contributed by atoms with E-state index in [4.69, 9.17) is 23.2 Å². The van der Waals surface area contributed by atoms with Gasteiger partial charge < -0.3 is 0 Å². The summed E-state index contributed by atoms with van der Waals surface area (Å²) in [7, 11) is 0. The molecule has 1 unspecified atom stereocenters. The fourth-order valence-corrected chi connectivity index (χ4v) is 1.16. The molecule has 0 aromatic rings. The van der Waals surface area contributed by atoms with E-state index in [9.17, 15) is 4.79 Å². The zero-order chi connectivity index (χ0) is 7.56. The van der Waals surface area contributed by atoms with Crippen molar-refractivity contribution in [2.24, 2.45) is 5.92 Å². The van der Waals surface area contributed by atoms with Crippen molar-refractivity contribution in [1.82, 2.24) is 0 Å². The van der Waals surface area contributed by atoms with Crippen molar-refractivity contribution < 1.29 is 4.79 Å². The van der Waals surface area contributed by atoms with Gasteiger partial charge in [0.25, 0.3) is 0 Å². The molecule has 0 saturated heterocycles. The van der Waals surface area contributed by atoms with Gasteiger partial charge in [0, 0.05) is 0 Å². The van der Waals surface area contributed by atoms with E-state index >= 15 is 0 Å². The van der Waals surface area contributed by atoms with E-state index in [0.717, 1.165) is 0 Å². The first-order chi connectivity index (χ1) is 4.72. The van der Waals surface area contributed by atoms with Crippen molar-refractivity contribution in [3.63, 3.8) is 0 Å². The third-order valence-corrected chi connectivity index (χ3v) is 1.83. The lowest BCUT2D eigenvalue weighted by Gasteiger charge is -2.11. The zero-order valence-electron chi connectivity index (χ0n) is 5.13. The van der Waals surface area contributed by atoms with Crippen LogP contribution in [0.25, 0.3) is 0 Å². The third kappa shape index (κ3) is 1.61. The summed E-state index contributed by atoms with van der Waals surface area (Å²) in [5.41, 5.74) is 0. The molecule has 1 rings (SSSR count). The van der Waals surface area contributed by atoms with Crippen LogP contribution in [0.2, 0.25) is 0 Å². The zero-order valence-corrected chi connectivity index (χ0v) is 6.64. The maximum absolute atomic E-state index is 10.9. The first-order valence-corrected chi connectivity index (χ1v) is 3.76. The van der Waals surface area contributed by atoms with Gasteiger partial charge in [0.1, 0.15) is 4.84 Å². The van der Waals surface area contributed by atoms with Crippen molar-refractivity contribution >= 4 is 29.0 Å². The summed E-state index contributed by atoms with van der Waals surface area (Å²) in [6, 6.07) is 0. The van der Waals surface area contributed by atoms with E-state index in [0.29, 0.717) is 0 Å². The molecule has 0 bridgehead atoms. The quantitative estimate of drug-likeness (QED) is 0.560. The summed E-state index contributed by atoms with van der Waals surface area (Å²) >= 11 is 11.0. The van der Waals surface area contributed by atoms with Crippen LogP contribution in [0.1, 0.15) is 0 Å². The summed E-state index contributed by atoms with van der Waals surface area (Å²) in [6.45, 7) is 0. The Morgan fingerprint density at radius 3 is 2.50 bits per heavy atom. The van der Waals surface area contributed by atoms with Crippen molar-refractivity contribution in [3.8, 4) is 0 Å². The van der Waals surface area contributed by atoms with Crippen molar-refractivity contribution in [1.29, 1.82) is 0 Å². The number of alkyl halides is 2. The number of rotatable bonds is 1. The minimum Gasteiger partial charge on any atom is -0.294 e. The second-order valence-electron chi connectivity index (χ2n) is 2.01. The van der Waals surface area contributed by atoms with Gasteiger partial charge in [-0.1, -0.05) is 18.2 Å². The normalized spacial score (nSPS) is 24.3. The van der Waals surface area contributed by atoms with E-state index in [2.05, 4.69) is 0 Å². The highest BCUT2D eigenvalue weighted by molar-refractivity contribution is 6.45. The van der Waals surface area contributed by atoms with E-state index in [1.54, 1.807) is 18.2 Å². The Hall–Kier alpha value is -0.270. The number of allylic oxidation sites excluding steroid dienone is 4. The molecule has 3 heteroatoms. The molecule has 10 heavy (non-hydrogen) atoms. The molecule has 0 aromatic heterocycles. The highest BCUT2D eigenvalue weighted by Gasteiger charge is 2.21. The summed E-state index contributed by atoms with van der Waals surface area (Å²) in [5.74, 6) is -0.383. The molecule has 0 aliphatic heterocycles. The number of hydrogen-bond acceptors (Lipinski definition) is 1. The molecule has 54 valence electrons. The highest BCUT2D eigenvalue weighted by atomic mass is 35.5. The maximum atomic E-state index is 10.9. The Balaban J connectivity index is 2.70. The molecule has 1 aliphatic rings. The Morgan fingerprint density at radius 2 is 2.10 bits per heavy atom. The van der Waals surface area contributed by atoms with E-state index in [1.807, 2.05) is 0 Å². The van der Waals surface area contributed by atoms with Crippen LogP contribution < -0.4 is 0 Å². The second-order valence-corrected chi connectivity index (χ2v) is 3.17. The Kier molecular flexibility index (Phi) is 2.52. The average Bonchev–Trinajstić information content (AvgIpc) is 1.88. The van der Waals surface area contributed by atoms with E-state index in [1.165, 1.54) is 6.08 Å². The Bertz CT molecular complexity index is 194. The van der Waals surface area contributed by atoms with Gasteiger partial charge in [0.2, 0.25) is 0 Å². The van der Waals surface area contributed by atoms with Crippen molar-refractivity contribution in [2.45, 2.75) is 4.84 Å². The lowest BCUT2D eigenvalue weighted by molar-refractivity contribution is -0.116. The molecule has 1 aliphatic carbocycles. The van der Waals surface area contributed by atoms with Gasteiger partial charge >= 0.3 is 0 Å². The fraction of sp³-hybridized carbons (Fsp3) is 0.286. The molecule has 0 saturated carbocycles. The average molecular weight is 177 g/mol. The van der Waals surface area contributed by atoms with Gasteiger partial charge in [-0.15, -0.1) is 23.2 Å². The fourth-order valence-electron chi connectivity index (χ4n) is 0.748. The minimum absolute atomic E-state index is 0.0301. The Morgan fingerprint density at radius 1 is 1.40 bits per heavy atom. The van der Waals surface area contributed by atoms with Crippen LogP contribution in [0.5, 0.6) is 0 Å². The van der Waals surface area contributed by atoms with Crippen LogP contribution in [-0.2, 0) is 4.79 Å². The van der Waals surface area contributed by atoms with Crippen LogP contribution in [0.3, 0.4) is 0 Å². The maximum Gasteiger partial charge on any atom is 0.165 e. The molecular formula is C7H6Cl2O. The summed E-state index contributed by atoms with van der Waals surface area (Å²) < 4.78 is 0. The molecule has 0 heterocycles. The lowest BCUT2D eigenvalue weighted by Crippen LogP contribution is -2.17. The number of carbonyl (C=O) groups excluding carboxylic acids is 1. The first kappa shape index (κ1) is 7.83. The first-order valence-electron chi connectivity index (χ1n) is 2.88. The number of carbonyl (C=O) groups is 1. The molecule has 0 N–H and O–H groups in total. The van der Waals surface area contributed by atoms with E-state index in [-0.39, 0.29) is 11.7 Å². The largest absolute Gasteiger partial charge is 0.294 e. The van der Waals surface area contributed by atoms with Gasteiger partial charge in [0.05, 0.1) is 5.92 Å². The molecule has 0 radical (unpaired) electrons. The van der Waals surface area contributed by atoms with Gasteiger partial charge in [-0.2, -0.15) is 0 Å². The van der Waals surface area contributed by atoms with E-state index < -0.39 is 4.84 Å². The Labute approximate surface area is 69.3 Å². The monoisotopic (exact) mass is 176 g/mol. The van der Waals surface area contributed by atoms with Crippen LogP contribution in [-0.4, -0.2) is 10.6 Å². The van der Waals surface area contributed by atoms with Crippen LogP contribution >= 0.6 is 23.2 Å². The predicted octanol–water partition coefficient (Wildman–Crippen LogP) is 2.10. The molecule has 1 nitrogen and oxygen atoms in total. The molecule has 0 aromatic carbocycles. The highest BCUT2D eigenvalue weighted by Crippen LogP contribution is 2.20. The van der Waals surface area contributed by atoms with Gasteiger partial charge in [-0.3, -0.25) is 4.79 Å². The second kappa shape index (κ2) is 3.22. The summed E-state index contributed by atoms with van der Waals surface area (Å²) in [6.07, 6.45) is 6.62.